The minimum atomic E-state index is -0.272. The highest BCUT2D eigenvalue weighted by Crippen LogP contribution is 2.29. The zero-order chi connectivity index (χ0) is 21.8. The van der Waals surface area contributed by atoms with Gasteiger partial charge in [0.15, 0.2) is 10.9 Å². The Bertz CT molecular complexity index is 1230. The van der Waals surface area contributed by atoms with Gasteiger partial charge in [0.25, 0.3) is 5.91 Å². The zero-order valence-electron chi connectivity index (χ0n) is 17.1. The second-order valence-electron chi connectivity index (χ2n) is 6.95. The molecule has 0 aliphatic rings. The second-order valence-corrected chi connectivity index (χ2v) is 7.80. The molecular weight excluding hydrogens is 408 g/mol. The van der Waals surface area contributed by atoms with Crippen LogP contribution in [0.4, 0.5) is 5.13 Å². The van der Waals surface area contributed by atoms with Crippen molar-refractivity contribution in [1.29, 1.82) is 0 Å². The van der Waals surface area contributed by atoms with Crippen LogP contribution in [0.1, 0.15) is 31.8 Å². The van der Waals surface area contributed by atoms with Gasteiger partial charge in [-0.1, -0.05) is 42.5 Å². The van der Waals surface area contributed by atoms with Crippen molar-refractivity contribution in [3.05, 3.63) is 100 Å². The van der Waals surface area contributed by atoms with Crippen molar-refractivity contribution in [2.75, 3.05) is 12.4 Å². The SMILES string of the molecule is COc1ccc(-c2csc(NC(=O)c3ccc(C(=O)c4ccccc4)cc3)n2)c(C)c1. The summed E-state index contributed by atoms with van der Waals surface area (Å²) in [7, 11) is 1.63. The molecular formula is C25H20N2O3S. The fourth-order valence-corrected chi connectivity index (χ4v) is 3.91. The molecule has 0 aliphatic carbocycles. The van der Waals surface area contributed by atoms with Gasteiger partial charge in [0.05, 0.1) is 12.8 Å². The molecule has 1 heterocycles. The number of nitrogens with one attached hydrogen (secondary N) is 1. The topological polar surface area (TPSA) is 68.3 Å². The van der Waals surface area contributed by atoms with E-state index in [1.165, 1.54) is 11.3 Å². The number of anilines is 1. The summed E-state index contributed by atoms with van der Waals surface area (Å²) in [6.07, 6.45) is 0. The molecule has 0 bridgehead atoms. The van der Waals surface area contributed by atoms with E-state index in [-0.39, 0.29) is 11.7 Å². The molecule has 154 valence electrons. The van der Waals surface area contributed by atoms with Crippen LogP contribution in [-0.4, -0.2) is 23.8 Å². The molecule has 6 heteroatoms. The van der Waals surface area contributed by atoms with Gasteiger partial charge in [-0.15, -0.1) is 11.3 Å². The van der Waals surface area contributed by atoms with E-state index in [9.17, 15) is 9.59 Å². The first-order valence-corrected chi connectivity index (χ1v) is 10.5. The molecule has 31 heavy (non-hydrogen) atoms. The molecule has 0 fully saturated rings. The van der Waals surface area contributed by atoms with Crippen molar-refractivity contribution >= 4 is 28.2 Å². The van der Waals surface area contributed by atoms with E-state index in [2.05, 4.69) is 10.3 Å². The maximum Gasteiger partial charge on any atom is 0.257 e. The quantitative estimate of drug-likeness (QED) is 0.405. The highest BCUT2D eigenvalue weighted by Gasteiger charge is 2.13. The van der Waals surface area contributed by atoms with Gasteiger partial charge in [0.1, 0.15) is 5.75 Å². The van der Waals surface area contributed by atoms with Crippen LogP contribution in [0.5, 0.6) is 5.75 Å². The first-order valence-electron chi connectivity index (χ1n) is 9.67. The van der Waals surface area contributed by atoms with E-state index < -0.39 is 0 Å². The van der Waals surface area contributed by atoms with E-state index in [1.807, 2.05) is 48.7 Å². The number of methoxy groups -OCH3 is 1. The van der Waals surface area contributed by atoms with Gasteiger partial charge in [-0.25, -0.2) is 4.98 Å². The molecule has 0 spiro atoms. The lowest BCUT2D eigenvalue weighted by molar-refractivity contribution is 0.102. The summed E-state index contributed by atoms with van der Waals surface area (Å²) in [5, 5.41) is 5.25. The molecule has 4 rings (SSSR count). The Kier molecular flexibility index (Phi) is 5.91. The van der Waals surface area contributed by atoms with Crippen LogP contribution in [-0.2, 0) is 0 Å². The van der Waals surface area contributed by atoms with Crippen LogP contribution in [0.2, 0.25) is 0 Å². The lowest BCUT2D eigenvalue weighted by atomic mass is 10.0. The third kappa shape index (κ3) is 4.54. The molecule has 5 nitrogen and oxygen atoms in total. The van der Waals surface area contributed by atoms with Gasteiger partial charge >= 0.3 is 0 Å². The molecule has 0 aliphatic heterocycles. The van der Waals surface area contributed by atoms with Gasteiger partial charge in [0, 0.05) is 27.6 Å². The van der Waals surface area contributed by atoms with E-state index in [0.717, 1.165) is 22.6 Å². The Labute approximate surface area is 184 Å². The lowest BCUT2D eigenvalue weighted by Gasteiger charge is -2.06. The minimum Gasteiger partial charge on any atom is -0.497 e. The lowest BCUT2D eigenvalue weighted by Crippen LogP contribution is -2.12. The van der Waals surface area contributed by atoms with Crippen LogP contribution in [0.3, 0.4) is 0 Å². The number of aryl methyl sites for hydroxylation is 1. The molecule has 3 aromatic carbocycles. The molecule has 1 aromatic heterocycles. The number of rotatable bonds is 6. The smallest absolute Gasteiger partial charge is 0.257 e. The summed E-state index contributed by atoms with van der Waals surface area (Å²) in [6.45, 7) is 1.99. The molecule has 0 saturated heterocycles. The summed E-state index contributed by atoms with van der Waals surface area (Å²) in [5.74, 6) is 0.442. The summed E-state index contributed by atoms with van der Waals surface area (Å²) in [4.78, 5) is 29.7. The summed E-state index contributed by atoms with van der Waals surface area (Å²) in [6, 6.07) is 21.5. The molecule has 0 radical (unpaired) electrons. The average Bonchev–Trinajstić information content (AvgIpc) is 3.27. The number of carbonyl (C=O) groups is 2. The minimum absolute atomic E-state index is 0.0769. The number of amides is 1. The molecule has 0 unspecified atom stereocenters. The zero-order valence-corrected chi connectivity index (χ0v) is 17.9. The Morgan fingerprint density at radius 2 is 1.58 bits per heavy atom. The van der Waals surface area contributed by atoms with Gasteiger partial charge in [-0.3, -0.25) is 14.9 Å². The Balaban J connectivity index is 1.46. The number of benzene rings is 3. The van der Waals surface area contributed by atoms with Gasteiger partial charge in [-0.05, 0) is 42.8 Å². The van der Waals surface area contributed by atoms with E-state index >= 15 is 0 Å². The predicted molar refractivity (Wildman–Crippen MR) is 123 cm³/mol. The highest BCUT2D eigenvalue weighted by molar-refractivity contribution is 7.14. The maximum atomic E-state index is 12.6. The van der Waals surface area contributed by atoms with Gasteiger partial charge in [-0.2, -0.15) is 0 Å². The number of nitrogens with zero attached hydrogens (tertiary/aromatic N) is 1. The summed E-state index contributed by atoms with van der Waals surface area (Å²) >= 11 is 1.36. The average molecular weight is 429 g/mol. The largest absolute Gasteiger partial charge is 0.497 e. The number of thiazole rings is 1. The van der Waals surface area contributed by atoms with Gasteiger partial charge in [0.2, 0.25) is 0 Å². The first-order chi connectivity index (χ1) is 15.0. The Morgan fingerprint density at radius 1 is 0.903 bits per heavy atom. The Hall–Kier alpha value is -3.77. The fraction of sp³-hybridized carbons (Fsp3) is 0.0800. The molecule has 4 aromatic rings. The maximum absolute atomic E-state index is 12.6. The fourth-order valence-electron chi connectivity index (χ4n) is 3.20. The van der Waals surface area contributed by atoms with E-state index in [0.29, 0.717) is 21.8 Å². The summed E-state index contributed by atoms with van der Waals surface area (Å²) < 4.78 is 5.25. The van der Waals surface area contributed by atoms with Crippen LogP contribution in [0.15, 0.2) is 78.2 Å². The number of aromatic nitrogens is 1. The number of carbonyl (C=O) groups excluding carboxylic acids is 2. The first kappa shape index (κ1) is 20.5. The molecule has 0 atom stereocenters. The summed E-state index contributed by atoms with van der Waals surface area (Å²) in [5.41, 5.74) is 4.44. The molecule has 1 amide bonds. The molecule has 0 saturated carbocycles. The number of hydrogen-bond acceptors (Lipinski definition) is 5. The number of ketones is 1. The van der Waals surface area contributed by atoms with Crippen molar-refractivity contribution in [2.24, 2.45) is 0 Å². The standard InChI is InChI=1S/C25H20N2O3S/c1-16-14-20(30-2)12-13-21(16)22-15-31-25(26-22)27-24(29)19-10-8-18(9-11-19)23(28)17-6-4-3-5-7-17/h3-15H,1-2H3,(H,26,27,29). The van der Waals surface area contributed by atoms with E-state index in [1.54, 1.807) is 43.5 Å². The third-order valence-corrected chi connectivity index (χ3v) is 5.64. The van der Waals surface area contributed by atoms with Crippen molar-refractivity contribution in [3.63, 3.8) is 0 Å². The number of ether oxygens (including phenoxy) is 1. The number of hydrogen-bond donors (Lipinski definition) is 1. The van der Waals surface area contributed by atoms with Crippen molar-refractivity contribution < 1.29 is 14.3 Å². The van der Waals surface area contributed by atoms with Gasteiger partial charge < -0.3 is 4.74 Å². The van der Waals surface area contributed by atoms with Crippen molar-refractivity contribution in [3.8, 4) is 17.0 Å². The normalized spacial score (nSPS) is 10.5. The predicted octanol–water partition coefficient (Wildman–Crippen LogP) is 5.61. The van der Waals surface area contributed by atoms with Crippen molar-refractivity contribution in [2.45, 2.75) is 6.92 Å². The van der Waals surface area contributed by atoms with E-state index in [4.69, 9.17) is 4.74 Å². The van der Waals surface area contributed by atoms with Crippen LogP contribution < -0.4 is 10.1 Å². The van der Waals surface area contributed by atoms with Crippen molar-refractivity contribution in [1.82, 2.24) is 4.98 Å². The third-order valence-electron chi connectivity index (χ3n) is 4.88. The van der Waals surface area contributed by atoms with Crippen LogP contribution >= 0.6 is 11.3 Å². The van der Waals surface area contributed by atoms with Crippen LogP contribution in [0.25, 0.3) is 11.3 Å². The Morgan fingerprint density at radius 3 is 2.26 bits per heavy atom. The monoisotopic (exact) mass is 428 g/mol. The van der Waals surface area contributed by atoms with Crippen LogP contribution in [0, 0.1) is 6.92 Å². The molecule has 1 N–H and O–H groups in total. The second kappa shape index (κ2) is 8.93. The highest BCUT2D eigenvalue weighted by atomic mass is 32.1.